The SMILES string of the molecule is O=C(Cc1csc(NC(=O)c2ccco2)n1)NCc1ccc(F)cc1. The maximum atomic E-state index is 12.8. The molecule has 0 saturated heterocycles. The third kappa shape index (κ3) is 4.74. The van der Waals surface area contributed by atoms with Gasteiger partial charge in [0.25, 0.3) is 5.91 Å². The number of rotatable bonds is 6. The highest BCUT2D eigenvalue weighted by Gasteiger charge is 2.12. The number of nitrogens with zero attached hydrogens (tertiary/aromatic N) is 1. The fourth-order valence-electron chi connectivity index (χ4n) is 2.04. The molecule has 0 saturated carbocycles. The summed E-state index contributed by atoms with van der Waals surface area (Å²) >= 11 is 1.23. The third-order valence-electron chi connectivity index (χ3n) is 3.26. The molecule has 2 aromatic heterocycles. The van der Waals surface area contributed by atoms with Gasteiger partial charge in [0.2, 0.25) is 5.91 Å². The summed E-state index contributed by atoms with van der Waals surface area (Å²) in [4.78, 5) is 28.0. The number of benzene rings is 1. The summed E-state index contributed by atoms with van der Waals surface area (Å²) in [5, 5.41) is 7.44. The Bertz CT molecular complexity index is 860. The molecule has 128 valence electrons. The van der Waals surface area contributed by atoms with Crippen molar-refractivity contribution >= 4 is 28.3 Å². The molecule has 25 heavy (non-hydrogen) atoms. The molecule has 0 aliphatic carbocycles. The van der Waals surface area contributed by atoms with Crippen LogP contribution in [0.2, 0.25) is 0 Å². The molecule has 0 aliphatic rings. The zero-order chi connectivity index (χ0) is 17.6. The van der Waals surface area contributed by atoms with E-state index >= 15 is 0 Å². The number of carbonyl (C=O) groups is 2. The lowest BCUT2D eigenvalue weighted by atomic mass is 10.2. The number of thiazole rings is 1. The molecule has 3 aromatic rings. The van der Waals surface area contributed by atoms with Crippen LogP contribution in [0.1, 0.15) is 21.8 Å². The minimum absolute atomic E-state index is 0.0916. The van der Waals surface area contributed by atoms with Gasteiger partial charge in [-0.1, -0.05) is 12.1 Å². The molecule has 0 bridgehead atoms. The number of aromatic nitrogens is 1. The molecule has 3 rings (SSSR count). The minimum atomic E-state index is -0.397. The highest BCUT2D eigenvalue weighted by Crippen LogP contribution is 2.17. The van der Waals surface area contributed by atoms with Crippen LogP contribution < -0.4 is 10.6 Å². The van der Waals surface area contributed by atoms with Crippen molar-refractivity contribution in [3.8, 4) is 0 Å². The van der Waals surface area contributed by atoms with Gasteiger partial charge < -0.3 is 9.73 Å². The van der Waals surface area contributed by atoms with Crippen LogP contribution in [0.25, 0.3) is 0 Å². The summed E-state index contributed by atoms with van der Waals surface area (Å²) in [6, 6.07) is 9.08. The topological polar surface area (TPSA) is 84.2 Å². The first-order valence-corrected chi connectivity index (χ1v) is 8.28. The van der Waals surface area contributed by atoms with Gasteiger partial charge in [0.05, 0.1) is 18.4 Å². The van der Waals surface area contributed by atoms with Crippen molar-refractivity contribution in [1.29, 1.82) is 0 Å². The van der Waals surface area contributed by atoms with Crippen LogP contribution in [0, 0.1) is 5.82 Å². The summed E-state index contributed by atoms with van der Waals surface area (Å²) in [7, 11) is 0. The number of anilines is 1. The maximum Gasteiger partial charge on any atom is 0.293 e. The van der Waals surface area contributed by atoms with Crippen molar-refractivity contribution in [2.75, 3.05) is 5.32 Å². The number of furan rings is 1. The average molecular weight is 359 g/mol. The van der Waals surface area contributed by atoms with Gasteiger partial charge in [-0.15, -0.1) is 11.3 Å². The van der Waals surface area contributed by atoms with Crippen molar-refractivity contribution in [3.05, 3.63) is 70.9 Å². The van der Waals surface area contributed by atoms with E-state index in [9.17, 15) is 14.0 Å². The second-order valence-electron chi connectivity index (χ2n) is 5.16. The normalized spacial score (nSPS) is 10.4. The summed E-state index contributed by atoms with van der Waals surface area (Å²) in [6.45, 7) is 0.311. The van der Waals surface area contributed by atoms with E-state index < -0.39 is 5.91 Å². The van der Waals surface area contributed by atoms with E-state index in [4.69, 9.17) is 4.42 Å². The number of carbonyl (C=O) groups excluding carboxylic acids is 2. The first-order valence-electron chi connectivity index (χ1n) is 7.40. The number of amides is 2. The molecule has 0 fully saturated rings. The Morgan fingerprint density at radius 2 is 2.00 bits per heavy atom. The Balaban J connectivity index is 1.49. The van der Waals surface area contributed by atoms with Crippen molar-refractivity contribution in [3.63, 3.8) is 0 Å². The lowest BCUT2D eigenvalue weighted by Gasteiger charge is -2.04. The zero-order valence-electron chi connectivity index (χ0n) is 13.0. The predicted octanol–water partition coefficient (Wildman–Crippen LogP) is 2.99. The first-order chi connectivity index (χ1) is 12.1. The van der Waals surface area contributed by atoms with E-state index in [2.05, 4.69) is 15.6 Å². The van der Waals surface area contributed by atoms with Crippen molar-refractivity contribution in [2.24, 2.45) is 0 Å². The second-order valence-corrected chi connectivity index (χ2v) is 6.01. The lowest BCUT2D eigenvalue weighted by molar-refractivity contribution is -0.120. The van der Waals surface area contributed by atoms with Gasteiger partial charge in [-0.25, -0.2) is 9.37 Å². The van der Waals surface area contributed by atoms with E-state index in [0.29, 0.717) is 17.4 Å². The van der Waals surface area contributed by atoms with Gasteiger partial charge in [-0.3, -0.25) is 14.9 Å². The number of nitrogens with one attached hydrogen (secondary N) is 2. The molecule has 0 unspecified atom stereocenters. The molecule has 8 heteroatoms. The Morgan fingerprint density at radius 3 is 2.72 bits per heavy atom. The van der Waals surface area contributed by atoms with Crippen LogP contribution in [0.15, 0.2) is 52.5 Å². The predicted molar refractivity (Wildman–Crippen MR) is 90.7 cm³/mol. The van der Waals surface area contributed by atoms with Crippen molar-refractivity contribution in [1.82, 2.24) is 10.3 Å². The summed E-state index contributed by atoms with van der Waals surface area (Å²) in [6.07, 6.45) is 1.50. The maximum absolute atomic E-state index is 12.8. The van der Waals surface area contributed by atoms with Gasteiger partial charge in [-0.05, 0) is 29.8 Å². The molecule has 2 amide bonds. The fraction of sp³-hybridized carbons (Fsp3) is 0.118. The monoisotopic (exact) mass is 359 g/mol. The molecule has 0 atom stereocenters. The van der Waals surface area contributed by atoms with Gasteiger partial charge in [0.15, 0.2) is 10.9 Å². The quantitative estimate of drug-likeness (QED) is 0.709. The Labute approximate surface area is 146 Å². The molecule has 6 nitrogen and oxygen atoms in total. The van der Waals surface area contributed by atoms with Gasteiger partial charge in [0, 0.05) is 11.9 Å². The number of halogens is 1. The molecule has 2 N–H and O–H groups in total. The van der Waals surface area contributed by atoms with Crippen LogP contribution in [-0.4, -0.2) is 16.8 Å². The molecular formula is C17H14FN3O3S. The highest BCUT2D eigenvalue weighted by molar-refractivity contribution is 7.14. The van der Waals surface area contributed by atoms with Crippen molar-refractivity contribution < 1.29 is 18.4 Å². The van der Waals surface area contributed by atoms with E-state index in [0.717, 1.165) is 5.56 Å². The lowest BCUT2D eigenvalue weighted by Crippen LogP contribution is -2.24. The number of hydrogen-bond donors (Lipinski definition) is 2. The summed E-state index contributed by atoms with van der Waals surface area (Å²) in [5.74, 6) is -0.735. The summed E-state index contributed by atoms with van der Waals surface area (Å²) < 4.78 is 17.8. The van der Waals surface area contributed by atoms with Crippen LogP contribution in [0.3, 0.4) is 0 Å². The van der Waals surface area contributed by atoms with E-state index in [1.54, 1.807) is 29.6 Å². The largest absolute Gasteiger partial charge is 0.459 e. The van der Waals surface area contributed by atoms with Crippen LogP contribution in [0.5, 0.6) is 0 Å². The van der Waals surface area contributed by atoms with Crippen molar-refractivity contribution in [2.45, 2.75) is 13.0 Å². The third-order valence-corrected chi connectivity index (χ3v) is 4.07. The fourth-order valence-corrected chi connectivity index (χ4v) is 2.75. The van der Waals surface area contributed by atoms with Crippen LogP contribution in [0.4, 0.5) is 9.52 Å². The van der Waals surface area contributed by atoms with Gasteiger partial charge >= 0.3 is 0 Å². The van der Waals surface area contributed by atoms with Gasteiger partial charge in [-0.2, -0.15) is 0 Å². The number of hydrogen-bond acceptors (Lipinski definition) is 5. The Morgan fingerprint density at radius 1 is 1.20 bits per heavy atom. The van der Waals surface area contributed by atoms with Gasteiger partial charge in [0.1, 0.15) is 5.82 Å². The molecule has 0 aliphatic heterocycles. The highest BCUT2D eigenvalue weighted by atomic mass is 32.1. The average Bonchev–Trinajstić information content (AvgIpc) is 3.26. The van der Waals surface area contributed by atoms with E-state index in [1.165, 1.54) is 29.7 Å². The molecule has 0 radical (unpaired) electrons. The summed E-state index contributed by atoms with van der Waals surface area (Å²) in [5.41, 5.74) is 1.36. The molecular weight excluding hydrogens is 345 g/mol. The molecule has 2 heterocycles. The minimum Gasteiger partial charge on any atom is -0.459 e. The van der Waals surface area contributed by atoms with E-state index in [-0.39, 0.29) is 23.9 Å². The standard InChI is InChI=1S/C17H14FN3O3S/c18-12-5-3-11(4-6-12)9-19-15(22)8-13-10-25-17(20-13)21-16(23)14-2-1-7-24-14/h1-7,10H,8-9H2,(H,19,22)(H,20,21,23). The Hall–Kier alpha value is -3.00. The van der Waals surface area contributed by atoms with Crippen LogP contribution in [-0.2, 0) is 17.8 Å². The molecule has 0 spiro atoms. The van der Waals surface area contributed by atoms with E-state index in [1.807, 2.05) is 0 Å². The van der Waals surface area contributed by atoms with Crippen LogP contribution >= 0.6 is 11.3 Å². The Kier molecular flexibility index (Phi) is 5.20. The second kappa shape index (κ2) is 7.71. The molecule has 1 aromatic carbocycles. The smallest absolute Gasteiger partial charge is 0.293 e. The zero-order valence-corrected chi connectivity index (χ0v) is 13.8. The first kappa shape index (κ1) is 16.8.